The SMILES string of the molecule is CC(n1ccc2c(c(N)cn2C)c1=O)C(F)(F)F. The van der Waals surface area contributed by atoms with Gasteiger partial charge in [0.2, 0.25) is 0 Å². The molecule has 0 amide bonds. The molecule has 0 aromatic carbocycles. The zero-order valence-corrected chi connectivity index (χ0v) is 9.82. The lowest BCUT2D eigenvalue weighted by molar-refractivity contribution is -0.163. The summed E-state index contributed by atoms with van der Waals surface area (Å²) in [5.41, 5.74) is 5.61. The molecule has 7 heteroatoms. The summed E-state index contributed by atoms with van der Waals surface area (Å²) in [5, 5.41) is 0.121. The maximum Gasteiger partial charge on any atom is 0.408 e. The molecule has 0 aliphatic carbocycles. The lowest BCUT2D eigenvalue weighted by Crippen LogP contribution is -2.32. The maximum absolute atomic E-state index is 12.6. The smallest absolute Gasteiger partial charge is 0.397 e. The molecule has 0 aliphatic heterocycles. The van der Waals surface area contributed by atoms with E-state index >= 15 is 0 Å². The minimum absolute atomic E-state index is 0.121. The Morgan fingerprint density at radius 1 is 1.39 bits per heavy atom. The summed E-state index contributed by atoms with van der Waals surface area (Å²) in [5.74, 6) is 0. The van der Waals surface area contributed by atoms with Crippen molar-refractivity contribution in [3.05, 3.63) is 28.8 Å². The molecule has 0 aliphatic rings. The predicted molar refractivity (Wildman–Crippen MR) is 62.4 cm³/mol. The van der Waals surface area contributed by atoms with Crippen molar-refractivity contribution in [3.8, 4) is 0 Å². The minimum Gasteiger partial charge on any atom is -0.397 e. The number of anilines is 1. The molecular weight excluding hydrogens is 247 g/mol. The van der Waals surface area contributed by atoms with E-state index in [1.807, 2.05) is 0 Å². The number of aromatic nitrogens is 2. The number of halogens is 3. The monoisotopic (exact) mass is 259 g/mol. The molecular formula is C11H12F3N3O. The van der Waals surface area contributed by atoms with Gasteiger partial charge in [0.15, 0.2) is 0 Å². The van der Waals surface area contributed by atoms with Crippen molar-refractivity contribution in [1.82, 2.24) is 9.13 Å². The predicted octanol–water partition coefficient (Wildman–Crippen LogP) is 2.05. The minimum atomic E-state index is -4.47. The van der Waals surface area contributed by atoms with Gasteiger partial charge in [-0.25, -0.2) is 0 Å². The van der Waals surface area contributed by atoms with E-state index in [4.69, 9.17) is 5.73 Å². The van der Waals surface area contributed by atoms with Crippen molar-refractivity contribution < 1.29 is 13.2 Å². The number of pyridine rings is 1. The first-order chi connectivity index (χ1) is 8.23. The van der Waals surface area contributed by atoms with Crippen molar-refractivity contribution in [2.24, 2.45) is 7.05 Å². The van der Waals surface area contributed by atoms with Crippen molar-refractivity contribution in [2.75, 3.05) is 5.73 Å². The number of alkyl halides is 3. The van der Waals surface area contributed by atoms with Crippen LogP contribution in [0.1, 0.15) is 13.0 Å². The van der Waals surface area contributed by atoms with E-state index in [-0.39, 0.29) is 11.1 Å². The fourth-order valence-electron chi connectivity index (χ4n) is 1.91. The number of nitrogens with zero attached hydrogens (tertiary/aromatic N) is 2. The van der Waals surface area contributed by atoms with Gasteiger partial charge in [0.25, 0.3) is 5.56 Å². The van der Waals surface area contributed by atoms with E-state index in [2.05, 4.69) is 0 Å². The van der Waals surface area contributed by atoms with Crippen molar-refractivity contribution in [2.45, 2.75) is 19.1 Å². The molecule has 2 aromatic heterocycles. The van der Waals surface area contributed by atoms with Crippen LogP contribution in [-0.2, 0) is 7.05 Å². The summed E-state index contributed by atoms with van der Waals surface area (Å²) in [6.45, 7) is 0.937. The molecule has 1 atom stereocenters. The molecule has 2 aromatic rings. The molecule has 98 valence electrons. The highest BCUT2D eigenvalue weighted by Gasteiger charge is 2.38. The Morgan fingerprint density at radius 3 is 2.56 bits per heavy atom. The van der Waals surface area contributed by atoms with Gasteiger partial charge in [-0.1, -0.05) is 0 Å². The summed E-state index contributed by atoms with van der Waals surface area (Å²) < 4.78 is 40.1. The Kier molecular flexibility index (Phi) is 2.64. The highest BCUT2D eigenvalue weighted by atomic mass is 19.4. The van der Waals surface area contributed by atoms with Crippen LogP contribution in [0, 0.1) is 0 Å². The zero-order valence-electron chi connectivity index (χ0n) is 9.82. The second kappa shape index (κ2) is 3.79. The number of fused-ring (bicyclic) bond motifs is 1. The van der Waals surface area contributed by atoms with Crippen LogP contribution in [-0.4, -0.2) is 15.3 Å². The Bertz CT molecular complexity index is 654. The van der Waals surface area contributed by atoms with Crippen LogP contribution in [0.25, 0.3) is 10.9 Å². The molecule has 4 nitrogen and oxygen atoms in total. The molecule has 0 fully saturated rings. The number of hydrogen-bond acceptors (Lipinski definition) is 2. The van der Waals surface area contributed by atoms with Crippen LogP contribution in [0.5, 0.6) is 0 Å². The largest absolute Gasteiger partial charge is 0.408 e. The van der Waals surface area contributed by atoms with Gasteiger partial charge in [-0.15, -0.1) is 0 Å². The van der Waals surface area contributed by atoms with E-state index in [1.165, 1.54) is 12.3 Å². The Morgan fingerprint density at radius 2 is 2.00 bits per heavy atom. The first-order valence-corrected chi connectivity index (χ1v) is 5.26. The van der Waals surface area contributed by atoms with Gasteiger partial charge in [-0.3, -0.25) is 4.79 Å². The molecule has 1 unspecified atom stereocenters. The van der Waals surface area contributed by atoms with E-state index in [0.29, 0.717) is 10.1 Å². The summed E-state index contributed by atoms with van der Waals surface area (Å²) in [6, 6.07) is -0.427. The number of aryl methyl sites for hydroxylation is 1. The quantitative estimate of drug-likeness (QED) is 0.852. The number of nitrogens with two attached hydrogens (primary N) is 1. The second-order valence-corrected chi connectivity index (χ2v) is 4.20. The van der Waals surface area contributed by atoms with Crippen LogP contribution in [0.15, 0.2) is 23.3 Å². The average Bonchev–Trinajstić information content (AvgIpc) is 2.53. The first kappa shape index (κ1) is 12.5. The Labute approximate surface area is 100 Å². The molecule has 0 saturated carbocycles. The summed E-state index contributed by atoms with van der Waals surface area (Å²) in [7, 11) is 1.68. The summed E-state index contributed by atoms with van der Waals surface area (Å²) in [4.78, 5) is 12.0. The van der Waals surface area contributed by atoms with E-state index in [1.54, 1.807) is 11.6 Å². The van der Waals surface area contributed by atoms with Crippen molar-refractivity contribution >= 4 is 16.6 Å². The Hall–Kier alpha value is -1.92. The van der Waals surface area contributed by atoms with Crippen LogP contribution in [0.4, 0.5) is 18.9 Å². The number of hydrogen-bond donors (Lipinski definition) is 1. The molecule has 0 saturated heterocycles. The van der Waals surface area contributed by atoms with Gasteiger partial charge in [0.05, 0.1) is 16.6 Å². The third-order valence-electron chi connectivity index (χ3n) is 2.99. The van der Waals surface area contributed by atoms with Gasteiger partial charge >= 0.3 is 6.18 Å². The van der Waals surface area contributed by atoms with E-state index in [0.717, 1.165) is 13.1 Å². The lowest BCUT2D eigenvalue weighted by atomic mass is 10.2. The zero-order chi connectivity index (χ0) is 13.7. The topological polar surface area (TPSA) is 52.9 Å². The fraction of sp³-hybridized carbons (Fsp3) is 0.364. The van der Waals surface area contributed by atoms with Gasteiger partial charge in [-0.2, -0.15) is 13.2 Å². The van der Waals surface area contributed by atoms with Gasteiger partial charge in [0.1, 0.15) is 6.04 Å². The molecule has 0 spiro atoms. The molecule has 2 rings (SSSR count). The van der Waals surface area contributed by atoms with Gasteiger partial charge in [0, 0.05) is 19.4 Å². The third-order valence-corrected chi connectivity index (χ3v) is 2.99. The fourth-order valence-corrected chi connectivity index (χ4v) is 1.91. The van der Waals surface area contributed by atoms with Gasteiger partial charge < -0.3 is 14.9 Å². The standard InChI is InChI=1S/C11H12F3N3O/c1-6(11(12,13)14)17-4-3-8-9(10(17)18)7(15)5-16(8)2/h3-6H,15H2,1-2H3. The molecule has 2 heterocycles. The first-order valence-electron chi connectivity index (χ1n) is 5.26. The summed E-state index contributed by atoms with van der Waals surface area (Å²) >= 11 is 0. The molecule has 2 N–H and O–H groups in total. The van der Waals surface area contributed by atoms with Crippen molar-refractivity contribution in [1.29, 1.82) is 0 Å². The molecule has 0 radical (unpaired) electrons. The van der Waals surface area contributed by atoms with Gasteiger partial charge in [-0.05, 0) is 13.0 Å². The Balaban J connectivity index is 2.73. The highest BCUT2D eigenvalue weighted by Crippen LogP contribution is 2.29. The van der Waals surface area contributed by atoms with E-state index in [9.17, 15) is 18.0 Å². The third kappa shape index (κ3) is 1.75. The van der Waals surface area contributed by atoms with Crippen molar-refractivity contribution in [3.63, 3.8) is 0 Å². The normalized spacial score (nSPS) is 14.1. The number of rotatable bonds is 1. The van der Waals surface area contributed by atoms with Crippen LogP contribution in [0.2, 0.25) is 0 Å². The van der Waals surface area contributed by atoms with Crippen LogP contribution < -0.4 is 11.3 Å². The second-order valence-electron chi connectivity index (χ2n) is 4.20. The molecule has 18 heavy (non-hydrogen) atoms. The molecule has 0 bridgehead atoms. The van der Waals surface area contributed by atoms with E-state index < -0.39 is 17.8 Å². The lowest BCUT2D eigenvalue weighted by Gasteiger charge is -2.18. The number of nitrogen functional groups attached to an aromatic ring is 1. The maximum atomic E-state index is 12.6. The summed E-state index contributed by atoms with van der Waals surface area (Å²) in [6.07, 6.45) is -1.82. The van der Waals surface area contributed by atoms with Crippen LogP contribution >= 0.6 is 0 Å². The average molecular weight is 259 g/mol. The van der Waals surface area contributed by atoms with Crippen LogP contribution in [0.3, 0.4) is 0 Å². The highest BCUT2D eigenvalue weighted by molar-refractivity contribution is 5.90.